The molecule has 3 aromatic heterocycles. The molecule has 0 bridgehead atoms. The molecule has 0 atom stereocenters. The molecule has 2 N–H and O–H groups in total. The van der Waals surface area contributed by atoms with E-state index in [1.54, 1.807) is 17.1 Å². The molecule has 1 aromatic carbocycles. The van der Waals surface area contributed by atoms with Crippen LogP contribution in [0.2, 0.25) is 0 Å². The molecular weight excluding hydrogens is 408 g/mol. The van der Waals surface area contributed by atoms with Gasteiger partial charge in [-0.3, -0.25) is 14.5 Å². The zero-order valence-electron chi connectivity index (χ0n) is 17.1. The highest BCUT2D eigenvalue weighted by molar-refractivity contribution is 7.80. The largest absolute Gasteiger partial charge is 0.355 e. The van der Waals surface area contributed by atoms with Crippen molar-refractivity contribution in [2.24, 2.45) is 7.05 Å². The van der Waals surface area contributed by atoms with Crippen LogP contribution in [0.1, 0.15) is 12.0 Å². The van der Waals surface area contributed by atoms with Crippen LogP contribution in [-0.4, -0.2) is 37.2 Å². The van der Waals surface area contributed by atoms with Gasteiger partial charge in [-0.2, -0.15) is 5.10 Å². The van der Waals surface area contributed by atoms with Gasteiger partial charge in [-0.15, -0.1) is 0 Å². The first kappa shape index (κ1) is 20.6. The lowest BCUT2D eigenvalue weighted by Gasteiger charge is -2.10. The fourth-order valence-electron chi connectivity index (χ4n) is 3.16. The first-order valence-electron chi connectivity index (χ1n) is 9.93. The molecule has 156 valence electrons. The molecule has 3 heterocycles. The van der Waals surface area contributed by atoms with Crippen molar-refractivity contribution >= 4 is 40.0 Å². The molecule has 0 aliphatic rings. The number of fused-ring (bicyclic) bond motifs is 1. The van der Waals surface area contributed by atoms with Gasteiger partial charge in [-0.05, 0) is 42.4 Å². The molecule has 7 nitrogen and oxygen atoms in total. The quantitative estimate of drug-likeness (QED) is 0.434. The number of anilines is 1. The number of ketones is 1. The van der Waals surface area contributed by atoms with Crippen molar-refractivity contribution in [2.45, 2.75) is 12.8 Å². The summed E-state index contributed by atoms with van der Waals surface area (Å²) in [6.45, 7) is 0.180. The van der Waals surface area contributed by atoms with Gasteiger partial charge in [0, 0.05) is 37.0 Å². The number of aryl methyl sites for hydroxylation is 2. The highest BCUT2D eigenvalue weighted by Crippen LogP contribution is 2.22. The first-order valence-corrected chi connectivity index (χ1v) is 10.3. The van der Waals surface area contributed by atoms with E-state index in [2.05, 4.69) is 25.7 Å². The highest BCUT2D eigenvalue weighted by atomic mass is 32.1. The number of thiocarbonyl (C=S) groups is 1. The summed E-state index contributed by atoms with van der Waals surface area (Å²) in [6, 6.07) is 15.6. The molecule has 0 amide bonds. The number of aromatic nitrogens is 4. The van der Waals surface area contributed by atoms with E-state index < -0.39 is 0 Å². The second kappa shape index (κ2) is 9.44. The zero-order valence-corrected chi connectivity index (χ0v) is 17.9. The summed E-state index contributed by atoms with van der Waals surface area (Å²) in [6.07, 6.45) is 6.72. The Kier molecular flexibility index (Phi) is 6.28. The van der Waals surface area contributed by atoms with Gasteiger partial charge in [0.2, 0.25) is 0 Å². The molecule has 0 fully saturated rings. The summed E-state index contributed by atoms with van der Waals surface area (Å²) >= 11 is 5.32. The number of nitrogens with one attached hydrogen (secondary N) is 2. The van der Waals surface area contributed by atoms with Gasteiger partial charge < -0.3 is 10.6 Å². The van der Waals surface area contributed by atoms with E-state index in [4.69, 9.17) is 12.2 Å². The van der Waals surface area contributed by atoms with Crippen LogP contribution in [0.15, 0.2) is 67.1 Å². The van der Waals surface area contributed by atoms with Crippen LogP contribution >= 0.6 is 12.2 Å². The van der Waals surface area contributed by atoms with Gasteiger partial charge in [0.1, 0.15) is 5.82 Å². The lowest BCUT2D eigenvalue weighted by molar-refractivity contribution is -0.117. The maximum atomic E-state index is 12.1. The van der Waals surface area contributed by atoms with Crippen LogP contribution < -0.4 is 10.6 Å². The van der Waals surface area contributed by atoms with Crippen molar-refractivity contribution in [3.8, 4) is 11.1 Å². The maximum Gasteiger partial charge on any atom is 0.172 e. The third-order valence-electron chi connectivity index (χ3n) is 4.80. The first-order chi connectivity index (χ1) is 15.1. The Morgan fingerprint density at radius 2 is 1.90 bits per heavy atom. The number of Topliss-reactive ketones (excluding diaryl/α,β-unsaturated/α-hetero) is 1. The lowest BCUT2D eigenvalue weighted by atomic mass is 10.1. The monoisotopic (exact) mass is 430 g/mol. The third-order valence-corrected chi connectivity index (χ3v) is 5.05. The Morgan fingerprint density at radius 3 is 2.68 bits per heavy atom. The number of hydrogen-bond acceptors (Lipinski definition) is 5. The van der Waals surface area contributed by atoms with Crippen LogP contribution in [0.25, 0.3) is 22.2 Å². The number of carbonyl (C=O) groups is 1. The van der Waals surface area contributed by atoms with Gasteiger partial charge in [0.05, 0.1) is 23.8 Å². The number of benzene rings is 1. The van der Waals surface area contributed by atoms with Crippen LogP contribution in [0, 0.1) is 0 Å². The summed E-state index contributed by atoms with van der Waals surface area (Å²) in [5.41, 5.74) is 4.59. The Bertz CT molecular complexity index is 1220. The summed E-state index contributed by atoms with van der Waals surface area (Å²) in [5.74, 6) is 0.691. The van der Waals surface area contributed by atoms with Gasteiger partial charge >= 0.3 is 0 Å². The fraction of sp³-hybridized carbons (Fsp3) is 0.174. The highest BCUT2D eigenvalue weighted by Gasteiger charge is 2.07. The third kappa shape index (κ3) is 5.49. The molecule has 0 radical (unpaired) electrons. The molecule has 0 saturated carbocycles. The zero-order chi connectivity index (χ0) is 21.6. The lowest BCUT2D eigenvalue weighted by Crippen LogP contribution is -2.33. The van der Waals surface area contributed by atoms with E-state index in [0.717, 1.165) is 34.1 Å². The van der Waals surface area contributed by atoms with Gasteiger partial charge in [0.15, 0.2) is 10.9 Å². The van der Waals surface area contributed by atoms with Crippen molar-refractivity contribution in [1.29, 1.82) is 0 Å². The van der Waals surface area contributed by atoms with E-state index in [0.29, 0.717) is 17.4 Å². The summed E-state index contributed by atoms with van der Waals surface area (Å²) in [7, 11) is 1.87. The number of hydrogen-bond donors (Lipinski definition) is 2. The summed E-state index contributed by atoms with van der Waals surface area (Å²) in [5, 5.41) is 10.6. The number of rotatable bonds is 7. The second-order valence-corrected chi connectivity index (χ2v) is 7.60. The van der Waals surface area contributed by atoms with Crippen molar-refractivity contribution in [3.05, 3.63) is 72.7 Å². The second-order valence-electron chi connectivity index (χ2n) is 7.19. The molecule has 0 spiro atoms. The molecule has 0 saturated heterocycles. The van der Waals surface area contributed by atoms with E-state index in [1.165, 1.54) is 0 Å². The Balaban J connectivity index is 1.34. The predicted molar refractivity (Wildman–Crippen MR) is 126 cm³/mol. The van der Waals surface area contributed by atoms with Crippen molar-refractivity contribution in [2.75, 3.05) is 11.9 Å². The average Bonchev–Trinajstić information content (AvgIpc) is 3.23. The van der Waals surface area contributed by atoms with E-state index in [-0.39, 0.29) is 12.3 Å². The fourth-order valence-corrected chi connectivity index (χ4v) is 3.34. The molecular formula is C23H22N6OS. The number of carbonyl (C=O) groups excluding carboxylic acids is 1. The molecule has 4 rings (SSSR count). The molecule has 0 unspecified atom stereocenters. The molecule has 0 aliphatic carbocycles. The number of nitrogens with zero attached hydrogens (tertiary/aromatic N) is 4. The van der Waals surface area contributed by atoms with Crippen LogP contribution in [0.3, 0.4) is 0 Å². The van der Waals surface area contributed by atoms with Crippen LogP contribution in [-0.2, 0) is 18.3 Å². The van der Waals surface area contributed by atoms with Crippen molar-refractivity contribution in [3.63, 3.8) is 0 Å². The normalized spacial score (nSPS) is 10.7. The number of pyridine rings is 2. The summed E-state index contributed by atoms with van der Waals surface area (Å²) < 4.78 is 1.75. The SMILES string of the molecule is Cn1cc(-c2cnc3ccc(NC(=S)NCC(=O)CCc4ccccc4)nc3c2)cn1. The Labute approximate surface area is 185 Å². The van der Waals surface area contributed by atoms with Crippen LogP contribution in [0.4, 0.5) is 5.82 Å². The van der Waals surface area contributed by atoms with Gasteiger partial charge in [-0.25, -0.2) is 4.98 Å². The van der Waals surface area contributed by atoms with E-state index >= 15 is 0 Å². The average molecular weight is 431 g/mol. The topological polar surface area (TPSA) is 84.7 Å². The van der Waals surface area contributed by atoms with Crippen molar-refractivity contribution < 1.29 is 4.79 Å². The minimum Gasteiger partial charge on any atom is -0.355 e. The van der Waals surface area contributed by atoms with Crippen molar-refractivity contribution in [1.82, 2.24) is 25.1 Å². The smallest absolute Gasteiger partial charge is 0.172 e. The Hall–Kier alpha value is -3.65. The molecule has 8 heteroatoms. The summed E-state index contributed by atoms with van der Waals surface area (Å²) in [4.78, 5) is 21.2. The van der Waals surface area contributed by atoms with Crippen LogP contribution in [0.5, 0.6) is 0 Å². The van der Waals surface area contributed by atoms with Gasteiger partial charge in [0.25, 0.3) is 0 Å². The van der Waals surface area contributed by atoms with Gasteiger partial charge in [-0.1, -0.05) is 30.3 Å². The Morgan fingerprint density at radius 1 is 1.06 bits per heavy atom. The molecule has 31 heavy (non-hydrogen) atoms. The van der Waals surface area contributed by atoms with E-state index in [9.17, 15) is 4.79 Å². The molecule has 0 aliphatic heterocycles. The minimum atomic E-state index is 0.102. The van der Waals surface area contributed by atoms with E-state index in [1.807, 2.05) is 61.8 Å². The molecule has 4 aromatic rings. The minimum absolute atomic E-state index is 0.102. The maximum absolute atomic E-state index is 12.1. The predicted octanol–water partition coefficient (Wildman–Crippen LogP) is 3.52. The standard InChI is InChI=1S/C23H22N6OS/c1-29-15-18(13-26-29)17-11-21-20(24-12-17)9-10-22(27-21)28-23(31)25-14-19(30)8-7-16-5-3-2-4-6-16/h2-6,9-13,15H,7-8,14H2,1H3,(H2,25,27,28,31).